The van der Waals surface area contributed by atoms with Crippen molar-refractivity contribution in [2.45, 2.75) is 25.8 Å². The third-order valence-corrected chi connectivity index (χ3v) is 1.50. The Labute approximate surface area is 77.1 Å². The van der Waals surface area contributed by atoms with E-state index in [1.165, 1.54) is 12.8 Å². The summed E-state index contributed by atoms with van der Waals surface area (Å²) >= 11 is 0. The highest BCUT2D eigenvalue weighted by Gasteiger charge is 2.30. The maximum Gasteiger partial charge on any atom is 0.00708 e. The molecule has 1 nitrogen and oxygen atoms in total. The number of rotatable bonds is 1. The molecule has 0 amide bonds. The van der Waals surface area contributed by atoms with E-state index in [4.69, 9.17) is 5.73 Å². The Bertz CT molecular complexity index is 60.9. The van der Waals surface area contributed by atoms with Gasteiger partial charge in [-0.15, -0.1) is 12.4 Å². The molecule has 0 heterocycles. The van der Waals surface area contributed by atoms with Crippen LogP contribution in [0.5, 0.6) is 0 Å². The third kappa shape index (κ3) is 5.40. The molecule has 1 rings (SSSR count). The minimum Gasteiger partial charge on any atom is -0.327 e. The van der Waals surface area contributed by atoms with Crippen LogP contribution in [0.1, 0.15) is 19.8 Å². The normalized spacial score (nSPS) is 28.7. The van der Waals surface area contributed by atoms with Gasteiger partial charge in [-0.05, 0) is 12.3 Å². The maximum atomic E-state index is 5.48. The molecule has 0 spiro atoms. The predicted molar refractivity (Wildman–Crippen MR) is 54.4 cm³/mol. The van der Waals surface area contributed by atoms with E-state index in [0.29, 0.717) is 6.04 Å². The van der Waals surface area contributed by atoms with Gasteiger partial charge in [0.25, 0.3) is 0 Å². The van der Waals surface area contributed by atoms with Gasteiger partial charge in [0.1, 0.15) is 0 Å². The van der Waals surface area contributed by atoms with Gasteiger partial charge in [-0.1, -0.05) is 13.3 Å². The zero-order valence-electron chi connectivity index (χ0n) is 5.55. The Morgan fingerprint density at radius 1 is 1.44 bits per heavy atom. The molecule has 1 fully saturated rings. The summed E-state index contributed by atoms with van der Waals surface area (Å²) in [5.41, 5.74) is 5.48. The van der Waals surface area contributed by atoms with Crippen LogP contribution in [0.15, 0.2) is 0 Å². The van der Waals surface area contributed by atoms with Gasteiger partial charge < -0.3 is 5.73 Å². The van der Waals surface area contributed by atoms with E-state index in [1.54, 1.807) is 0 Å². The molecule has 0 aromatic carbocycles. The summed E-state index contributed by atoms with van der Waals surface area (Å²) in [5, 5.41) is 0. The Hall–Kier alpha value is 0.950. The molecule has 9 heavy (non-hydrogen) atoms. The minimum absolute atomic E-state index is 0. The summed E-state index contributed by atoms with van der Waals surface area (Å²) < 4.78 is 0. The van der Waals surface area contributed by atoms with E-state index in [1.807, 2.05) is 0 Å². The molecule has 1 saturated carbocycles. The van der Waals surface area contributed by atoms with Crippen LogP contribution in [0, 0.1) is 5.92 Å². The first-order valence-corrected chi connectivity index (χ1v) is 2.60. The summed E-state index contributed by atoms with van der Waals surface area (Å²) in [6.45, 7) is 2.19. The molecular weight excluding hydrogens is 174 g/mol. The van der Waals surface area contributed by atoms with Crippen molar-refractivity contribution in [1.29, 1.82) is 0 Å². The molecule has 0 bridgehead atoms. The van der Waals surface area contributed by atoms with Gasteiger partial charge in [0, 0.05) is 6.04 Å². The third-order valence-electron chi connectivity index (χ3n) is 1.50. The lowest BCUT2D eigenvalue weighted by atomic mass is 10.3. The van der Waals surface area contributed by atoms with Crippen molar-refractivity contribution in [2.75, 3.05) is 0 Å². The molecule has 0 aromatic heterocycles. The van der Waals surface area contributed by atoms with Crippen LogP contribution in [-0.2, 0) is 0 Å². The second-order valence-electron chi connectivity index (χ2n) is 2.07. The van der Waals surface area contributed by atoms with Crippen molar-refractivity contribution in [2.24, 2.45) is 11.7 Å². The van der Waals surface area contributed by atoms with Gasteiger partial charge in [-0.25, -0.2) is 0 Å². The quantitative estimate of drug-likeness (QED) is 0.663. The summed E-state index contributed by atoms with van der Waals surface area (Å²) in [5.74, 6) is 0.880. The topological polar surface area (TPSA) is 26.0 Å². The van der Waals surface area contributed by atoms with Crippen molar-refractivity contribution in [3.05, 3.63) is 0 Å². The van der Waals surface area contributed by atoms with E-state index >= 15 is 0 Å². The average Bonchev–Trinajstić information content (AvgIpc) is 2.19. The van der Waals surface area contributed by atoms with E-state index in [-0.39, 0.29) is 39.4 Å². The van der Waals surface area contributed by atoms with Gasteiger partial charge in [0.15, 0.2) is 0 Å². The second kappa shape index (κ2) is 7.06. The van der Waals surface area contributed by atoms with Gasteiger partial charge in [0.05, 0.1) is 0 Å². The van der Waals surface area contributed by atoms with Crippen molar-refractivity contribution in [3.8, 4) is 0 Å². The molecule has 4 heteroatoms. The Balaban J connectivity index is -0.000000120. The molecule has 0 radical (unpaired) electrons. The molecule has 0 unspecified atom stereocenters. The highest BCUT2D eigenvalue weighted by atomic mass is 35.5. The van der Waals surface area contributed by atoms with E-state index in [0.717, 1.165) is 5.92 Å². The zero-order valence-corrected chi connectivity index (χ0v) is 8.37. The van der Waals surface area contributed by atoms with E-state index in [9.17, 15) is 0 Å². The van der Waals surface area contributed by atoms with Crippen LogP contribution in [-0.4, -0.2) is 6.04 Å². The number of hydrogen-bond donors (Lipinski definition) is 1. The van der Waals surface area contributed by atoms with Crippen LogP contribution in [0.25, 0.3) is 0 Å². The van der Waals surface area contributed by atoms with Gasteiger partial charge in [-0.2, -0.15) is 27.0 Å². The lowest BCUT2D eigenvalue weighted by Gasteiger charge is -1.79. The van der Waals surface area contributed by atoms with Crippen LogP contribution in [0.2, 0.25) is 0 Å². The van der Waals surface area contributed by atoms with Gasteiger partial charge >= 0.3 is 0 Å². The fourth-order valence-electron chi connectivity index (χ4n) is 0.740. The second-order valence-corrected chi connectivity index (χ2v) is 2.07. The fraction of sp³-hybridized carbons (Fsp3) is 1.00. The van der Waals surface area contributed by atoms with Crippen LogP contribution in [0.4, 0.5) is 0 Å². The minimum atomic E-state index is 0. The zero-order chi connectivity index (χ0) is 4.57. The fourth-order valence-corrected chi connectivity index (χ4v) is 0.740. The van der Waals surface area contributed by atoms with E-state index < -0.39 is 0 Å². The first-order chi connectivity index (χ1) is 2.84. The molecule has 0 aromatic rings. The first-order valence-electron chi connectivity index (χ1n) is 2.60. The number of halogens is 1. The summed E-state index contributed by atoms with van der Waals surface area (Å²) in [6.07, 6.45) is 2.55. The number of nitrogens with two attached hydrogens (primary N) is 1. The molecule has 0 aliphatic heterocycles. The summed E-state index contributed by atoms with van der Waals surface area (Å²) in [6, 6.07) is 0.565. The number of hydrogen-bond acceptors (Lipinski definition) is 1. The highest BCUT2D eigenvalue weighted by molar-refractivity contribution is 7.59. The standard InChI is InChI=1S/C5H11N.ClH.2H2S/c1-2-4-3-5(4)6;;;/h4-5H,2-3,6H2,1H3;1H;2*1H2/t4-,5-;;;/m0.../s1. The monoisotopic (exact) mass is 189 g/mol. The first kappa shape index (κ1) is 16.5. The Morgan fingerprint density at radius 2 is 1.78 bits per heavy atom. The maximum absolute atomic E-state index is 5.48. The summed E-state index contributed by atoms with van der Waals surface area (Å²) in [4.78, 5) is 0. The molecule has 60 valence electrons. The Kier molecular flexibility index (Phi) is 12.9. The van der Waals surface area contributed by atoms with Crippen LogP contribution >= 0.6 is 39.4 Å². The lowest BCUT2D eigenvalue weighted by molar-refractivity contribution is 0.759. The molecule has 1 aliphatic rings. The van der Waals surface area contributed by atoms with Crippen molar-refractivity contribution in [3.63, 3.8) is 0 Å². The Morgan fingerprint density at radius 3 is 1.78 bits per heavy atom. The van der Waals surface area contributed by atoms with Crippen LogP contribution in [0.3, 0.4) is 0 Å². The van der Waals surface area contributed by atoms with E-state index in [2.05, 4.69) is 6.92 Å². The molecule has 0 saturated heterocycles. The highest BCUT2D eigenvalue weighted by Crippen LogP contribution is 2.30. The van der Waals surface area contributed by atoms with Crippen molar-refractivity contribution < 1.29 is 0 Å². The van der Waals surface area contributed by atoms with Crippen molar-refractivity contribution in [1.82, 2.24) is 0 Å². The average molecular weight is 190 g/mol. The summed E-state index contributed by atoms with van der Waals surface area (Å²) in [7, 11) is 0. The predicted octanol–water partition coefficient (Wildman–Crippen LogP) is 1.39. The molecule has 2 atom stereocenters. The van der Waals surface area contributed by atoms with Gasteiger partial charge in [-0.3, -0.25) is 0 Å². The molecule has 2 N–H and O–H groups in total. The molecule has 1 aliphatic carbocycles. The lowest BCUT2D eigenvalue weighted by Crippen LogP contribution is -2.00. The smallest absolute Gasteiger partial charge is 0.00708 e. The van der Waals surface area contributed by atoms with Crippen LogP contribution < -0.4 is 5.73 Å². The molecular formula is C5H16ClNS2. The van der Waals surface area contributed by atoms with Gasteiger partial charge in [0.2, 0.25) is 0 Å². The SMILES string of the molecule is CC[C@H]1C[C@@H]1N.Cl.S.S. The largest absolute Gasteiger partial charge is 0.327 e. The van der Waals surface area contributed by atoms with Crippen molar-refractivity contribution >= 4 is 39.4 Å².